The molecule has 0 fully saturated rings. The molecule has 1 aromatic carbocycles. The molecule has 3 heteroatoms. The van der Waals surface area contributed by atoms with Gasteiger partial charge in [0.25, 0.3) is 0 Å². The van der Waals surface area contributed by atoms with Gasteiger partial charge in [-0.05, 0) is 30.5 Å². The first-order valence-electron chi connectivity index (χ1n) is 7.39. The minimum atomic E-state index is -0.330. The topological polar surface area (TPSA) is 39.4 Å². The van der Waals surface area contributed by atoms with Gasteiger partial charge in [-0.3, -0.25) is 0 Å². The second-order valence-electron chi connectivity index (χ2n) is 5.18. The number of hydrogen-bond donors (Lipinski definition) is 0. The molecule has 0 N–H and O–H groups in total. The fourth-order valence-electron chi connectivity index (χ4n) is 2.24. The third-order valence-electron chi connectivity index (χ3n) is 3.62. The van der Waals surface area contributed by atoms with E-state index in [9.17, 15) is 4.79 Å². The Hall–Kier alpha value is -1.77. The van der Waals surface area contributed by atoms with E-state index in [1.807, 2.05) is 12.1 Å². The summed E-state index contributed by atoms with van der Waals surface area (Å²) in [5.41, 5.74) is 0.251. The van der Waals surface area contributed by atoms with E-state index in [1.165, 1.54) is 25.3 Å². The van der Waals surface area contributed by atoms with Crippen LogP contribution in [0.2, 0.25) is 0 Å². The summed E-state index contributed by atoms with van der Waals surface area (Å²) in [5.74, 6) is 1.36. The van der Waals surface area contributed by atoms with Gasteiger partial charge in [0.2, 0.25) is 0 Å². The summed E-state index contributed by atoms with van der Waals surface area (Å²) in [6.07, 6.45) is 4.80. The Morgan fingerprint density at radius 2 is 2.00 bits per heavy atom. The van der Waals surface area contributed by atoms with Crippen LogP contribution in [-0.2, 0) is 0 Å². The van der Waals surface area contributed by atoms with Crippen LogP contribution in [0.15, 0.2) is 39.5 Å². The van der Waals surface area contributed by atoms with Crippen LogP contribution in [0.3, 0.4) is 0 Å². The number of rotatable bonds is 7. The smallest absolute Gasteiger partial charge is 0.336 e. The van der Waals surface area contributed by atoms with Gasteiger partial charge in [0.15, 0.2) is 0 Å². The van der Waals surface area contributed by atoms with E-state index < -0.39 is 0 Å². The lowest BCUT2D eigenvalue weighted by Crippen LogP contribution is -2.11. The number of unbranched alkanes of at least 4 members (excludes halogenated alkanes) is 1. The molecule has 0 saturated heterocycles. The van der Waals surface area contributed by atoms with E-state index in [-0.39, 0.29) is 5.63 Å². The second kappa shape index (κ2) is 7.13. The average Bonchev–Trinajstić information content (AvgIpc) is 2.47. The molecule has 1 heterocycles. The Morgan fingerprint density at radius 3 is 2.75 bits per heavy atom. The Kier molecular flexibility index (Phi) is 5.22. The number of benzene rings is 1. The van der Waals surface area contributed by atoms with Gasteiger partial charge in [-0.1, -0.05) is 33.1 Å². The van der Waals surface area contributed by atoms with Crippen LogP contribution in [0.1, 0.15) is 39.5 Å². The highest BCUT2D eigenvalue weighted by atomic mass is 16.5. The van der Waals surface area contributed by atoms with Crippen LogP contribution in [-0.4, -0.2) is 6.61 Å². The number of hydrogen-bond acceptors (Lipinski definition) is 3. The van der Waals surface area contributed by atoms with Crippen molar-refractivity contribution in [3.05, 3.63) is 40.8 Å². The standard InChI is InChI=1S/C17H22O3/c1-3-5-6-13(4-2)12-19-15-9-7-14-8-10-17(18)20-16(14)11-15/h7-11,13H,3-6,12H2,1-2H3. The lowest BCUT2D eigenvalue weighted by molar-refractivity contribution is 0.233. The molecule has 0 radical (unpaired) electrons. The zero-order chi connectivity index (χ0) is 14.4. The van der Waals surface area contributed by atoms with Crippen LogP contribution in [0.4, 0.5) is 0 Å². The summed E-state index contributed by atoms with van der Waals surface area (Å²) >= 11 is 0. The van der Waals surface area contributed by atoms with Crippen LogP contribution in [0, 0.1) is 5.92 Å². The Morgan fingerprint density at radius 1 is 1.20 bits per heavy atom. The molecular formula is C17H22O3. The van der Waals surface area contributed by atoms with Crippen molar-refractivity contribution in [2.24, 2.45) is 5.92 Å². The van der Waals surface area contributed by atoms with Crippen molar-refractivity contribution in [3.63, 3.8) is 0 Å². The van der Waals surface area contributed by atoms with E-state index in [0.717, 1.165) is 24.2 Å². The summed E-state index contributed by atoms with van der Waals surface area (Å²) in [6, 6.07) is 8.83. The van der Waals surface area contributed by atoms with Gasteiger partial charge in [-0.2, -0.15) is 0 Å². The molecule has 1 atom stereocenters. The van der Waals surface area contributed by atoms with E-state index in [0.29, 0.717) is 11.5 Å². The molecule has 2 aromatic rings. The van der Waals surface area contributed by atoms with Crippen molar-refractivity contribution in [1.82, 2.24) is 0 Å². The third-order valence-corrected chi connectivity index (χ3v) is 3.62. The fraction of sp³-hybridized carbons (Fsp3) is 0.471. The van der Waals surface area contributed by atoms with Crippen molar-refractivity contribution in [2.75, 3.05) is 6.61 Å². The first-order valence-corrected chi connectivity index (χ1v) is 7.39. The monoisotopic (exact) mass is 274 g/mol. The van der Waals surface area contributed by atoms with Gasteiger partial charge in [-0.25, -0.2) is 4.79 Å². The Bertz CT molecular complexity index is 600. The Labute approximate surface area is 119 Å². The molecule has 0 aliphatic rings. The maximum Gasteiger partial charge on any atom is 0.336 e. The minimum absolute atomic E-state index is 0.330. The van der Waals surface area contributed by atoms with Crippen molar-refractivity contribution in [3.8, 4) is 5.75 Å². The summed E-state index contributed by atoms with van der Waals surface area (Å²) in [6.45, 7) is 5.13. The van der Waals surface area contributed by atoms with Gasteiger partial charge >= 0.3 is 5.63 Å². The van der Waals surface area contributed by atoms with Gasteiger partial charge in [0.05, 0.1) is 6.61 Å². The van der Waals surface area contributed by atoms with Gasteiger partial charge in [0, 0.05) is 17.5 Å². The summed E-state index contributed by atoms with van der Waals surface area (Å²) in [4.78, 5) is 11.2. The zero-order valence-electron chi connectivity index (χ0n) is 12.2. The molecule has 0 aliphatic carbocycles. The highest BCUT2D eigenvalue weighted by Gasteiger charge is 2.07. The van der Waals surface area contributed by atoms with Gasteiger partial charge in [0.1, 0.15) is 11.3 Å². The van der Waals surface area contributed by atoms with E-state index in [2.05, 4.69) is 13.8 Å². The van der Waals surface area contributed by atoms with Crippen LogP contribution >= 0.6 is 0 Å². The average molecular weight is 274 g/mol. The SMILES string of the molecule is CCCCC(CC)COc1ccc2ccc(=O)oc2c1. The molecule has 2 rings (SSSR count). The molecule has 1 unspecified atom stereocenters. The number of ether oxygens (including phenoxy) is 1. The molecule has 3 nitrogen and oxygen atoms in total. The Balaban J connectivity index is 2.03. The molecular weight excluding hydrogens is 252 g/mol. The molecule has 0 amide bonds. The van der Waals surface area contributed by atoms with Gasteiger partial charge < -0.3 is 9.15 Å². The molecule has 1 aromatic heterocycles. The van der Waals surface area contributed by atoms with E-state index in [1.54, 1.807) is 12.1 Å². The normalized spacial score (nSPS) is 12.5. The molecule has 0 saturated carbocycles. The van der Waals surface area contributed by atoms with Crippen LogP contribution < -0.4 is 10.4 Å². The highest BCUT2D eigenvalue weighted by molar-refractivity contribution is 5.77. The van der Waals surface area contributed by atoms with E-state index in [4.69, 9.17) is 9.15 Å². The largest absolute Gasteiger partial charge is 0.493 e. The molecule has 0 aliphatic heterocycles. The summed E-state index contributed by atoms with van der Waals surface area (Å²) in [7, 11) is 0. The van der Waals surface area contributed by atoms with Gasteiger partial charge in [-0.15, -0.1) is 0 Å². The van der Waals surface area contributed by atoms with Crippen LogP contribution in [0.25, 0.3) is 11.0 Å². The maximum atomic E-state index is 11.2. The second-order valence-corrected chi connectivity index (χ2v) is 5.18. The molecule has 0 spiro atoms. The van der Waals surface area contributed by atoms with Crippen molar-refractivity contribution >= 4 is 11.0 Å². The number of fused-ring (bicyclic) bond motifs is 1. The predicted molar refractivity (Wildman–Crippen MR) is 81.3 cm³/mol. The maximum absolute atomic E-state index is 11.2. The molecule has 0 bridgehead atoms. The van der Waals surface area contributed by atoms with E-state index >= 15 is 0 Å². The predicted octanol–water partition coefficient (Wildman–Crippen LogP) is 4.39. The first kappa shape index (κ1) is 14.6. The van der Waals surface area contributed by atoms with Crippen molar-refractivity contribution in [1.29, 1.82) is 0 Å². The van der Waals surface area contributed by atoms with Crippen LogP contribution in [0.5, 0.6) is 5.75 Å². The molecule has 20 heavy (non-hydrogen) atoms. The summed E-state index contributed by atoms with van der Waals surface area (Å²) < 4.78 is 11.0. The highest BCUT2D eigenvalue weighted by Crippen LogP contribution is 2.21. The fourth-order valence-corrected chi connectivity index (χ4v) is 2.24. The first-order chi connectivity index (χ1) is 9.72. The zero-order valence-corrected chi connectivity index (χ0v) is 12.2. The quantitative estimate of drug-likeness (QED) is 0.703. The van der Waals surface area contributed by atoms with Crippen molar-refractivity contribution < 1.29 is 9.15 Å². The molecule has 108 valence electrons. The van der Waals surface area contributed by atoms with Crippen molar-refractivity contribution in [2.45, 2.75) is 39.5 Å². The lowest BCUT2D eigenvalue weighted by atomic mass is 10.0. The third kappa shape index (κ3) is 3.86. The minimum Gasteiger partial charge on any atom is -0.493 e. The lowest BCUT2D eigenvalue weighted by Gasteiger charge is -2.15. The summed E-state index contributed by atoms with van der Waals surface area (Å²) in [5, 5.41) is 0.912.